The SMILES string of the molecule is Cc1cc(-c2ncc(C34C=CC(=N3)C=c3ccc([nH]3)=CC3=NC(=CC5NC(=C4)C(C)(C)C5=O)C=C3)o2)ccn1. The first kappa shape index (κ1) is 23.3. The Morgan fingerprint density at radius 1 is 1.00 bits per heavy atom. The fourth-order valence-corrected chi connectivity index (χ4v) is 5.29. The van der Waals surface area contributed by atoms with Crippen molar-refractivity contribution in [3.05, 3.63) is 107 Å². The third-order valence-corrected chi connectivity index (χ3v) is 7.47. The van der Waals surface area contributed by atoms with Crippen molar-refractivity contribution in [2.75, 3.05) is 0 Å². The first-order valence-electron chi connectivity index (χ1n) is 12.9. The van der Waals surface area contributed by atoms with Crippen LogP contribution in [0.3, 0.4) is 0 Å². The molecule has 1 saturated heterocycles. The van der Waals surface area contributed by atoms with Crippen LogP contribution in [0.15, 0.2) is 98.9 Å². The second-order valence-electron chi connectivity index (χ2n) is 10.7. The minimum Gasteiger partial charge on any atom is -0.438 e. The molecule has 4 aliphatic heterocycles. The molecule has 3 aromatic rings. The summed E-state index contributed by atoms with van der Waals surface area (Å²) in [4.78, 5) is 35.6. The van der Waals surface area contributed by atoms with Crippen LogP contribution < -0.4 is 16.0 Å². The van der Waals surface area contributed by atoms with Crippen LogP contribution in [0, 0.1) is 12.3 Å². The summed E-state index contributed by atoms with van der Waals surface area (Å²) in [6, 6.07) is 7.31. The van der Waals surface area contributed by atoms with Crippen molar-refractivity contribution < 1.29 is 9.21 Å². The van der Waals surface area contributed by atoms with Crippen LogP contribution in [0.2, 0.25) is 0 Å². The maximum atomic E-state index is 13.5. The number of carbonyl (C=O) groups excluding carboxylic acids is 1. The molecule has 0 saturated carbocycles. The Hall–Kier alpha value is -4.85. The Morgan fingerprint density at radius 2 is 1.82 bits per heavy atom. The normalized spacial score (nSPS) is 24.4. The fraction of sp³-hybridized carbons (Fsp3) is 0.194. The molecule has 7 rings (SSSR count). The van der Waals surface area contributed by atoms with Gasteiger partial charge in [-0.15, -0.1) is 0 Å². The lowest BCUT2D eigenvalue weighted by molar-refractivity contribution is -0.123. The number of allylic oxidation sites excluding steroid dienone is 4. The van der Waals surface area contributed by atoms with E-state index in [0.29, 0.717) is 11.7 Å². The van der Waals surface area contributed by atoms with E-state index >= 15 is 0 Å². The summed E-state index contributed by atoms with van der Waals surface area (Å²) in [6.07, 6.45) is 19.1. The number of hydrogen-bond acceptors (Lipinski definition) is 7. The molecule has 0 amide bonds. The Morgan fingerprint density at radius 3 is 2.64 bits per heavy atom. The Labute approximate surface area is 224 Å². The van der Waals surface area contributed by atoms with Gasteiger partial charge in [0.2, 0.25) is 5.89 Å². The van der Waals surface area contributed by atoms with Crippen LogP contribution in [0.4, 0.5) is 0 Å². The zero-order chi connectivity index (χ0) is 26.8. The number of aryl methyl sites for hydroxylation is 1. The number of Topliss-reactive ketones (excluding diaryl/α,β-unsaturated/α-hetero) is 1. The summed E-state index contributed by atoms with van der Waals surface area (Å²) < 4.78 is 6.34. The number of H-pyrrole nitrogens is 1. The average molecular weight is 515 g/mol. The molecule has 7 heterocycles. The molecular formula is C31H26N6O2. The number of pyridine rings is 1. The number of aliphatic imine (C=N–C) groups is 2. The molecule has 2 unspecified atom stereocenters. The largest absolute Gasteiger partial charge is 0.438 e. The monoisotopic (exact) mass is 514 g/mol. The molecule has 3 aromatic heterocycles. The van der Waals surface area contributed by atoms with Gasteiger partial charge >= 0.3 is 0 Å². The van der Waals surface area contributed by atoms with Crippen molar-refractivity contribution in [1.29, 1.82) is 0 Å². The highest BCUT2D eigenvalue weighted by Gasteiger charge is 2.46. The number of ketones is 1. The molecule has 39 heavy (non-hydrogen) atoms. The summed E-state index contributed by atoms with van der Waals surface area (Å²) in [5.41, 5.74) is 3.07. The summed E-state index contributed by atoms with van der Waals surface area (Å²) in [5, 5.41) is 5.30. The number of nitrogens with one attached hydrogen (secondary N) is 2. The zero-order valence-corrected chi connectivity index (χ0v) is 21.8. The second kappa shape index (κ2) is 8.33. The molecule has 0 aliphatic carbocycles. The molecule has 0 spiro atoms. The van der Waals surface area contributed by atoms with Gasteiger partial charge in [-0.3, -0.25) is 14.8 Å². The molecule has 8 nitrogen and oxygen atoms in total. The first-order valence-corrected chi connectivity index (χ1v) is 12.9. The van der Waals surface area contributed by atoms with E-state index in [1.54, 1.807) is 12.4 Å². The third kappa shape index (κ3) is 3.96. The molecule has 1 fully saturated rings. The topological polar surface area (TPSA) is 109 Å². The standard InChI is InChI=1S/C31H26N6O2/c1-18-12-19(9-11-32-18)29-33-17-27(39-29)31-10-8-24(37-31)14-22-5-4-20(34-22)13-21-6-7-23(35-21)15-25-28(38)30(2,3)26(16-31)36-25/h4-17,25,34,36H,1-3H3. The average Bonchev–Trinajstić information content (AvgIpc) is 3.72. The Balaban J connectivity index is 1.42. The number of carbonyl (C=O) groups is 1. The van der Waals surface area contributed by atoms with Gasteiger partial charge in [0, 0.05) is 33.8 Å². The highest BCUT2D eigenvalue weighted by Crippen LogP contribution is 2.42. The van der Waals surface area contributed by atoms with Gasteiger partial charge in [0.15, 0.2) is 17.1 Å². The minimum atomic E-state index is -0.988. The van der Waals surface area contributed by atoms with E-state index in [1.807, 2.05) is 93.6 Å². The van der Waals surface area contributed by atoms with Crippen LogP contribution in [0.5, 0.6) is 0 Å². The molecule has 0 aromatic carbocycles. The summed E-state index contributed by atoms with van der Waals surface area (Å²) in [5.74, 6) is 1.11. The van der Waals surface area contributed by atoms with E-state index in [2.05, 4.69) is 20.3 Å². The quantitative estimate of drug-likeness (QED) is 0.546. The Kier molecular flexibility index (Phi) is 4.97. The summed E-state index contributed by atoms with van der Waals surface area (Å²) in [7, 11) is 0. The molecule has 0 radical (unpaired) electrons. The van der Waals surface area contributed by atoms with E-state index in [9.17, 15) is 4.79 Å². The van der Waals surface area contributed by atoms with Gasteiger partial charge in [-0.05, 0) is 93.6 Å². The minimum absolute atomic E-state index is 0.0681. The van der Waals surface area contributed by atoms with Crippen molar-refractivity contribution >= 4 is 29.4 Å². The van der Waals surface area contributed by atoms with Gasteiger partial charge in [-0.2, -0.15) is 0 Å². The van der Waals surface area contributed by atoms with Gasteiger partial charge < -0.3 is 14.7 Å². The van der Waals surface area contributed by atoms with E-state index in [1.165, 1.54) is 0 Å². The third-order valence-electron chi connectivity index (χ3n) is 7.47. The lowest BCUT2D eigenvalue weighted by Gasteiger charge is -2.23. The summed E-state index contributed by atoms with van der Waals surface area (Å²) in [6.45, 7) is 5.80. The molecular weight excluding hydrogens is 488 g/mol. The molecule has 2 atom stereocenters. The number of oxazole rings is 1. The highest BCUT2D eigenvalue weighted by atomic mass is 16.4. The number of aromatic nitrogens is 3. The predicted octanol–water partition coefficient (Wildman–Crippen LogP) is 3.20. The van der Waals surface area contributed by atoms with Crippen LogP contribution in [0.25, 0.3) is 23.6 Å². The van der Waals surface area contributed by atoms with Gasteiger partial charge in [-0.1, -0.05) is 0 Å². The number of rotatable bonds is 2. The van der Waals surface area contributed by atoms with E-state index in [-0.39, 0.29) is 5.78 Å². The van der Waals surface area contributed by atoms with Gasteiger partial charge in [-0.25, -0.2) is 9.98 Å². The van der Waals surface area contributed by atoms with E-state index in [4.69, 9.17) is 14.4 Å². The maximum absolute atomic E-state index is 13.5. The van der Waals surface area contributed by atoms with Gasteiger partial charge in [0.05, 0.1) is 28.7 Å². The van der Waals surface area contributed by atoms with E-state index in [0.717, 1.165) is 44.8 Å². The number of aromatic amines is 1. The molecule has 8 heteroatoms. The predicted molar refractivity (Wildman–Crippen MR) is 150 cm³/mol. The highest BCUT2D eigenvalue weighted by molar-refractivity contribution is 6.20. The van der Waals surface area contributed by atoms with Crippen LogP contribution in [-0.2, 0) is 10.3 Å². The molecule has 8 bridgehead atoms. The van der Waals surface area contributed by atoms with Crippen molar-refractivity contribution in [1.82, 2.24) is 20.3 Å². The number of fused-ring (bicyclic) bond motifs is 6. The molecule has 2 N–H and O–H groups in total. The fourth-order valence-electron chi connectivity index (χ4n) is 5.29. The van der Waals surface area contributed by atoms with Crippen molar-refractivity contribution in [2.45, 2.75) is 32.4 Å². The van der Waals surface area contributed by atoms with Crippen LogP contribution in [-0.4, -0.2) is 38.2 Å². The first-order chi connectivity index (χ1) is 18.8. The maximum Gasteiger partial charge on any atom is 0.226 e. The molecule has 192 valence electrons. The smallest absolute Gasteiger partial charge is 0.226 e. The lowest BCUT2D eigenvalue weighted by atomic mass is 9.83. The van der Waals surface area contributed by atoms with Crippen molar-refractivity contribution in [3.63, 3.8) is 0 Å². The number of hydrogen-bond donors (Lipinski definition) is 2. The van der Waals surface area contributed by atoms with Gasteiger partial charge in [0.25, 0.3) is 0 Å². The van der Waals surface area contributed by atoms with Crippen LogP contribution in [0.1, 0.15) is 25.3 Å². The lowest BCUT2D eigenvalue weighted by Crippen LogP contribution is -2.27. The summed E-state index contributed by atoms with van der Waals surface area (Å²) >= 11 is 0. The van der Waals surface area contributed by atoms with Crippen LogP contribution >= 0.6 is 0 Å². The van der Waals surface area contributed by atoms with Crippen molar-refractivity contribution in [3.8, 4) is 11.5 Å². The number of nitrogens with zero attached hydrogens (tertiary/aromatic N) is 4. The van der Waals surface area contributed by atoms with E-state index < -0.39 is 17.0 Å². The second-order valence-corrected chi connectivity index (χ2v) is 10.7. The van der Waals surface area contributed by atoms with Crippen molar-refractivity contribution in [2.24, 2.45) is 15.4 Å². The van der Waals surface area contributed by atoms with Gasteiger partial charge in [0.1, 0.15) is 6.04 Å². The Bertz CT molecular complexity index is 1860. The molecule has 4 aliphatic rings. The zero-order valence-electron chi connectivity index (χ0n) is 21.8.